The number of H-pyrrole nitrogens is 1. The van der Waals surface area contributed by atoms with Gasteiger partial charge in [0, 0.05) is 25.2 Å². The van der Waals surface area contributed by atoms with Crippen LogP contribution < -0.4 is 5.32 Å². The van der Waals surface area contributed by atoms with Crippen LogP contribution in [-0.4, -0.2) is 35.3 Å². The molecule has 0 saturated carbocycles. The molecule has 2 aromatic heterocycles. The third-order valence-electron chi connectivity index (χ3n) is 3.30. The summed E-state index contributed by atoms with van der Waals surface area (Å²) < 4.78 is 5.04. The van der Waals surface area contributed by atoms with E-state index < -0.39 is 0 Å². The summed E-state index contributed by atoms with van der Waals surface area (Å²) in [6.07, 6.45) is 1.86. The molecule has 0 unspecified atom stereocenters. The van der Waals surface area contributed by atoms with Crippen LogP contribution in [0, 0.1) is 0 Å². The summed E-state index contributed by atoms with van der Waals surface area (Å²) in [7, 11) is 1.67. The Balaban J connectivity index is 2.05. The third-order valence-corrected chi connectivity index (χ3v) is 3.30. The summed E-state index contributed by atoms with van der Waals surface area (Å²) in [5.74, 6) is 1.03. The van der Waals surface area contributed by atoms with E-state index in [9.17, 15) is 5.11 Å². The number of hydrogen-bond donors (Lipinski definition) is 3. The Hall–Kier alpha value is -2.53. The molecule has 0 atom stereocenters. The Morgan fingerprint density at radius 1 is 1.29 bits per heavy atom. The van der Waals surface area contributed by atoms with E-state index in [0.717, 1.165) is 28.0 Å². The second kappa shape index (κ2) is 5.85. The number of phenols is 1. The van der Waals surface area contributed by atoms with Crippen molar-refractivity contribution in [2.75, 3.05) is 25.6 Å². The van der Waals surface area contributed by atoms with Crippen molar-refractivity contribution in [3.63, 3.8) is 0 Å². The summed E-state index contributed by atoms with van der Waals surface area (Å²) in [6, 6.07) is 11.2. The fourth-order valence-corrected chi connectivity index (χ4v) is 2.32. The molecule has 0 fully saturated rings. The molecule has 3 N–H and O–H groups in total. The van der Waals surface area contributed by atoms with E-state index in [1.165, 1.54) is 0 Å². The normalized spacial score (nSPS) is 10.9. The van der Waals surface area contributed by atoms with E-state index in [-0.39, 0.29) is 5.75 Å². The van der Waals surface area contributed by atoms with E-state index in [4.69, 9.17) is 4.74 Å². The van der Waals surface area contributed by atoms with Gasteiger partial charge in [-0.2, -0.15) is 0 Å². The minimum absolute atomic E-state index is 0.252. The monoisotopic (exact) mass is 283 g/mol. The SMILES string of the molecule is COCCNc1cc(-c2cccc(O)c2)c2cc[nH]c2n1. The van der Waals surface area contributed by atoms with Crippen molar-refractivity contribution in [1.82, 2.24) is 9.97 Å². The topological polar surface area (TPSA) is 70.2 Å². The fourth-order valence-electron chi connectivity index (χ4n) is 2.32. The van der Waals surface area contributed by atoms with Crippen molar-refractivity contribution in [2.45, 2.75) is 0 Å². The molecule has 3 aromatic rings. The highest BCUT2D eigenvalue weighted by Crippen LogP contribution is 2.31. The Labute approximate surface area is 122 Å². The van der Waals surface area contributed by atoms with E-state index in [1.54, 1.807) is 19.2 Å². The van der Waals surface area contributed by atoms with Gasteiger partial charge in [0.1, 0.15) is 17.2 Å². The van der Waals surface area contributed by atoms with Crippen molar-refractivity contribution in [3.8, 4) is 16.9 Å². The molecule has 5 heteroatoms. The van der Waals surface area contributed by atoms with E-state index in [0.29, 0.717) is 13.2 Å². The molecule has 0 radical (unpaired) electrons. The number of rotatable bonds is 5. The highest BCUT2D eigenvalue weighted by atomic mass is 16.5. The van der Waals surface area contributed by atoms with Gasteiger partial charge < -0.3 is 20.1 Å². The van der Waals surface area contributed by atoms with Gasteiger partial charge in [0.2, 0.25) is 0 Å². The maximum absolute atomic E-state index is 9.68. The molecule has 0 saturated heterocycles. The first-order valence-electron chi connectivity index (χ1n) is 6.78. The maximum Gasteiger partial charge on any atom is 0.140 e. The zero-order chi connectivity index (χ0) is 14.7. The summed E-state index contributed by atoms with van der Waals surface area (Å²) in [6.45, 7) is 1.31. The number of anilines is 1. The standard InChI is InChI=1S/C16H17N3O2/c1-21-8-7-17-15-10-14(11-3-2-4-12(20)9-11)13-5-6-18-16(13)19-15/h2-6,9-10,20H,7-8H2,1H3,(H2,17,18,19). The zero-order valence-corrected chi connectivity index (χ0v) is 11.8. The van der Waals surface area contributed by atoms with Gasteiger partial charge >= 0.3 is 0 Å². The van der Waals surface area contributed by atoms with E-state index in [1.807, 2.05) is 30.5 Å². The molecule has 1 aromatic carbocycles. The quantitative estimate of drug-likeness (QED) is 0.630. The molecular weight excluding hydrogens is 266 g/mol. The number of hydrogen-bond acceptors (Lipinski definition) is 4. The van der Waals surface area contributed by atoms with Crippen molar-refractivity contribution < 1.29 is 9.84 Å². The number of nitrogens with zero attached hydrogens (tertiary/aromatic N) is 1. The Morgan fingerprint density at radius 3 is 3.00 bits per heavy atom. The summed E-state index contributed by atoms with van der Waals surface area (Å²) in [5, 5.41) is 13.9. The van der Waals surface area contributed by atoms with Crippen LogP contribution in [0.15, 0.2) is 42.6 Å². The molecule has 0 aliphatic heterocycles. The van der Waals surface area contributed by atoms with Crippen molar-refractivity contribution in [3.05, 3.63) is 42.6 Å². The highest BCUT2D eigenvalue weighted by molar-refractivity contribution is 5.94. The van der Waals surface area contributed by atoms with Gasteiger partial charge in [-0.15, -0.1) is 0 Å². The second-order valence-electron chi connectivity index (χ2n) is 4.76. The predicted molar refractivity (Wildman–Crippen MR) is 83.6 cm³/mol. The fraction of sp³-hybridized carbons (Fsp3) is 0.188. The highest BCUT2D eigenvalue weighted by Gasteiger charge is 2.09. The van der Waals surface area contributed by atoms with E-state index in [2.05, 4.69) is 15.3 Å². The number of fused-ring (bicyclic) bond motifs is 1. The minimum Gasteiger partial charge on any atom is -0.508 e. The molecule has 0 spiro atoms. The van der Waals surface area contributed by atoms with Crippen LogP contribution in [-0.2, 0) is 4.74 Å². The van der Waals surface area contributed by atoms with Crippen molar-refractivity contribution >= 4 is 16.9 Å². The molecule has 21 heavy (non-hydrogen) atoms. The summed E-state index contributed by atoms with van der Waals surface area (Å²) in [4.78, 5) is 7.66. The lowest BCUT2D eigenvalue weighted by molar-refractivity contribution is 0.210. The molecule has 0 amide bonds. The smallest absolute Gasteiger partial charge is 0.140 e. The van der Waals surface area contributed by atoms with Crippen LogP contribution in [0.2, 0.25) is 0 Å². The number of benzene rings is 1. The van der Waals surface area contributed by atoms with Gasteiger partial charge in [-0.3, -0.25) is 0 Å². The molecule has 0 aliphatic rings. The first kappa shape index (κ1) is 13.5. The lowest BCUT2D eigenvalue weighted by Gasteiger charge is -2.09. The lowest BCUT2D eigenvalue weighted by Crippen LogP contribution is -2.08. The zero-order valence-electron chi connectivity index (χ0n) is 11.8. The molecule has 5 nitrogen and oxygen atoms in total. The number of ether oxygens (including phenoxy) is 1. The van der Waals surface area contributed by atoms with E-state index >= 15 is 0 Å². The molecule has 3 rings (SSSR count). The van der Waals surface area contributed by atoms with Crippen LogP contribution in [0.1, 0.15) is 0 Å². The first-order chi connectivity index (χ1) is 10.3. The average Bonchev–Trinajstić information content (AvgIpc) is 2.95. The Kier molecular flexibility index (Phi) is 3.75. The minimum atomic E-state index is 0.252. The van der Waals surface area contributed by atoms with Gasteiger partial charge in [-0.05, 0) is 35.4 Å². The first-order valence-corrected chi connectivity index (χ1v) is 6.78. The number of aromatic nitrogens is 2. The Bertz CT molecular complexity index is 752. The largest absolute Gasteiger partial charge is 0.508 e. The van der Waals surface area contributed by atoms with Crippen molar-refractivity contribution in [2.24, 2.45) is 0 Å². The third kappa shape index (κ3) is 2.83. The molecule has 0 aliphatic carbocycles. The van der Waals surface area contributed by atoms with Gasteiger partial charge in [-0.1, -0.05) is 12.1 Å². The predicted octanol–water partition coefficient (Wildman–Crippen LogP) is 2.99. The molecular formula is C16H17N3O2. The van der Waals surface area contributed by atoms with Gasteiger partial charge in [0.05, 0.1) is 6.61 Å². The number of phenolic OH excluding ortho intramolecular Hbond substituents is 1. The van der Waals surface area contributed by atoms with Crippen LogP contribution in [0.25, 0.3) is 22.2 Å². The lowest BCUT2D eigenvalue weighted by atomic mass is 10.0. The second-order valence-corrected chi connectivity index (χ2v) is 4.76. The molecule has 2 heterocycles. The summed E-state index contributed by atoms with van der Waals surface area (Å²) in [5.41, 5.74) is 2.80. The molecule has 0 bridgehead atoms. The van der Waals surface area contributed by atoms with Crippen LogP contribution >= 0.6 is 0 Å². The Morgan fingerprint density at radius 2 is 2.19 bits per heavy atom. The van der Waals surface area contributed by atoms with Crippen LogP contribution in [0.5, 0.6) is 5.75 Å². The number of aromatic hydroxyl groups is 1. The number of pyridine rings is 1. The van der Waals surface area contributed by atoms with Crippen LogP contribution in [0.3, 0.4) is 0 Å². The van der Waals surface area contributed by atoms with Crippen LogP contribution in [0.4, 0.5) is 5.82 Å². The number of aromatic amines is 1. The molecule has 108 valence electrons. The van der Waals surface area contributed by atoms with Gasteiger partial charge in [0.25, 0.3) is 0 Å². The summed E-state index contributed by atoms with van der Waals surface area (Å²) >= 11 is 0. The average molecular weight is 283 g/mol. The number of nitrogens with one attached hydrogen (secondary N) is 2. The van der Waals surface area contributed by atoms with Gasteiger partial charge in [0.15, 0.2) is 0 Å². The number of methoxy groups -OCH3 is 1. The van der Waals surface area contributed by atoms with Crippen molar-refractivity contribution in [1.29, 1.82) is 0 Å². The van der Waals surface area contributed by atoms with Gasteiger partial charge in [-0.25, -0.2) is 4.98 Å². The maximum atomic E-state index is 9.68.